The first kappa shape index (κ1) is 13.7. The maximum Gasteiger partial charge on any atom is 0.350 e. The number of aromatic nitrogens is 2. The molecule has 0 aromatic carbocycles. The van der Waals surface area contributed by atoms with E-state index < -0.39 is 35.9 Å². The van der Waals surface area contributed by atoms with E-state index in [1.807, 2.05) is 0 Å². The molecule has 0 bridgehead atoms. The van der Waals surface area contributed by atoms with Crippen molar-refractivity contribution in [1.82, 2.24) is 9.55 Å². The Morgan fingerprint density at radius 1 is 1.63 bits per heavy atom. The van der Waals surface area contributed by atoms with Crippen LogP contribution in [0.5, 0.6) is 0 Å². The van der Waals surface area contributed by atoms with Gasteiger partial charge in [0.15, 0.2) is 0 Å². The Morgan fingerprint density at radius 2 is 2.26 bits per heavy atom. The van der Waals surface area contributed by atoms with Crippen LogP contribution in [0.4, 0.5) is 10.2 Å². The largest absolute Gasteiger partial charge is 0.392 e. The van der Waals surface area contributed by atoms with Gasteiger partial charge < -0.3 is 21.1 Å². The number of halogens is 1. The SMILES string of the molecule is C[C@@]1(O)[C@H](O)C(CO)=C(F)[C@H]1n1ccc(N)nc1=O. The molecular formula is C11H14FN3O4. The first-order chi connectivity index (χ1) is 8.80. The number of hydrogen-bond donors (Lipinski definition) is 4. The molecule has 0 aliphatic heterocycles. The van der Waals surface area contributed by atoms with Crippen molar-refractivity contribution in [2.24, 2.45) is 0 Å². The minimum atomic E-state index is -1.97. The molecule has 3 atom stereocenters. The molecule has 5 N–H and O–H groups in total. The van der Waals surface area contributed by atoms with Gasteiger partial charge in [-0.15, -0.1) is 0 Å². The lowest BCUT2D eigenvalue weighted by molar-refractivity contribution is -0.0613. The quantitative estimate of drug-likeness (QED) is 0.531. The van der Waals surface area contributed by atoms with E-state index >= 15 is 0 Å². The Bertz CT molecular complexity index is 596. The summed E-state index contributed by atoms with van der Waals surface area (Å²) in [5.41, 5.74) is 2.16. The molecule has 0 saturated carbocycles. The number of aliphatic hydroxyl groups is 3. The third-order valence-corrected chi connectivity index (χ3v) is 3.28. The maximum atomic E-state index is 14.1. The van der Waals surface area contributed by atoms with Gasteiger partial charge in [-0.3, -0.25) is 4.57 Å². The fourth-order valence-electron chi connectivity index (χ4n) is 2.25. The van der Waals surface area contributed by atoms with Gasteiger partial charge in [0, 0.05) is 11.8 Å². The van der Waals surface area contributed by atoms with Crippen LogP contribution < -0.4 is 11.4 Å². The fraction of sp³-hybridized carbons (Fsp3) is 0.455. The van der Waals surface area contributed by atoms with Crippen LogP contribution in [0.15, 0.2) is 28.5 Å². The molecule has 0 fully saturated rings. The van der Waals surface area contributed by atoms with Crippen LogP contribution in [-0.2, 0) is 0 Å². The van der Waals surface area contributed by atoms with E-state index in [1.54, 1.807) is 0 Å². The summed E-state index contributed by atoms with van der Waals surface area (Å²) in [5.74, 6) is -0.986. The highest BCUT2D eigenvalue weighted by Crippen LogP contribution is 2.43. The Kier molecular flexibility index (Phi) is 3.17. The normalized spacial score (nSPS) is 31.0. The molecule has 19 heavy (non-hydrogen) atoms. The van der Waals surface area contributed by atoms with Gasteiger partial charge in [0.25, 0.3) is 0 Å². The molecule has 7 nitrogen and oxygen atoms in total. The second-order valence-corrected chi connectivity index (χ2v) is 4.60. The average Bonchev–Trinajstić information content (AvgIpc) is 2.48. The minimum Gasteiger partial charge on any atom is -0.392 e. The molecule has 0 saturated heterocycles. The smallest absolute Gasteiger partial charge is 0.350 e. The molecule has 104 valence electrons. The molecular weight excluding hydrogens is 257 g/mol. The van der Waals surface area contributed by atoms with E-state index in [-0.39, 0.29) is 11.4 Å². The zero-order chi connectivity index (χ0) is 14.4. The number of nitrogens with two attached hydrogens (primary N) is 1. The second kappa shape index (κ2) is 4.41. The second-order valence-electron chi connectivity index (χ2n) is 4.60. The Morgan fingerprint density at radius 3 is 2.74 bits per heavy atom. The fourth-order valence-corrected chi connectivity index (χ4v) is 2.25. The monoisotopic (exact) mass is 271 g/mol. The lowest BCUT2D eigenvalue weighted by atomic mass is 9.95. The van der Waals surface area contributed by atoms with E-state index in [2.05, 4.69) is 4.98 Å². The van der Waals surface area contributed by atoms with E-state index in [4.69, 9.17) is 10.8 Å². The summed E-state index contributed by atoms with van der Waals surface area (Å²) < 4.78 is 15.0. The van der Waals surface area contributed by atoms with Crippen molar-refractivity contribution in [2.45, 2.75) is 24.7 Å². The number of hydrogen-bond acceptors (Lipinski definition) is 6. The van der Waals surface area contributed by atoms with Crippen molar-refractivity contribution in [1.29, 1.82) is 0 Å². The summed E-state index contributed by atoms with van der Waals surface area (Å²) in [7, 11) is 0. The number of aliphatic hydroxyl groups excluding tert-OH is 2. The van der Waals surface area contributed by atoms with Crippen molar-refractivity contribution in [2.75, 3.05) is 12.3 Å². The summed E-state index contributed by atoms with van der Waals surface area (Å²) in [4.78, 5) is 15.1. The summed E-state index contributed by atoms with van der Waals surface area (Å²) in [6, 6.07) is -0.182. The highest BCUT2D eigenvalue weighted by molar-refractivity contribution is 5.33. The molecule has 0 radical (unpaired) electrons. The van der Waals surface area contributed by atoms with Crippen molar-refractivity contribution in [3.05, 3.63) is 34.1 Å². The molecule has 8 heteroatoms. The lowest BCUT2D eigenvalue weighted by Crippen LogP contribution is -2.46. The Labute approximate surface area is 107 Å². The highest BCUT2D eigenvalue weighted by Gasteiger charge is 2.52. The van der Waals surface area contributed by atoms with Gasteiger partial charge in [-0.25, -0.2) is 9.18 Å². The van der Waals surface area contributed by atoms with Gasteiger partial charge in [-0.1, -0.05) is 0 Å². The van der Waals surface area contributed by atoms with Crippen molar-refractivity contribution in [3.8, 4) is 0 Å². The summed E-state index contributed by atoms with van der Waals surface area (Å²) in [6.45, 7) is 0.421. The van der Waals surface area contributed by atoms with Gasteiger partial charge in [0.1, 0.15) is 29.4 Å². The maximum absolute atomic E-state index is 14.1. The molecule has 1 aromatic heterocycles. The predicted molar refractivity (Wildman–Crippen MR) is 63.8 cm³/mol. The number of rotatable bonds is 2. The standard InChI is InChI=1S/C11H14FN3O4/c1-11(19)8(7(12)5(4-16)9(11)17)15-3-2-6(13)14-10(15)18/h2-3,8-9,16-17,19H,4H2,1H3,(H2,13,14,18)/t8-,9-,11+/m1/s1. The first-order valence-corrected chi connectivity index (χ1v) is 5.55. The molecule has 2 rings (SSSR count). The van der Waals surface area contributed by atoms with Gasteiger partial charge in [-0.05, 0) is 13.0 Å². The predicted octanol–water partition coefficient (Wildman–Crippen LogP) is -1.29. The van der Waals surface area contributed by atoms with E-state index in [9.17, 15) is 19.4 Å². The van der Waals surface area contributed by atoms with Crippen molar-refractivity contribution in [3.63, 3.8) is 0 Å². The van der Waals surface area contributed by atoms with Gasteiger partial charge in [0.05, 0.1) is 6.61 Å². The lowest BCUT2D eigenvalue weighted by Gasteiger charge is -2.30. The third-order valence-electron chi connectivity index (χ3n) is 3.28. The van der Waals surface area contributed by atoms with E-state index in [1.165, 1.54) is 19.2 Å². The molecule has 0 amide bonds. The highest BCUT2D eigenvalue weighted by atomic mass is 19.1. The van der Waals surface area contributed by atoms with Gasteiger partial charge in [-0.2, -0.15) is 4.98 Å². The van der Waals surface area contributed by atoms with Crippen molar-refractivity contribution >= 4 is 5.82 Å². The van der Waals surface area contributed by atoms with Gasteiger partial charge in [0.2, 0.25) is 0 Å². The van der Waals surface area contributed by atoms with Gasteiger partial charge >= 0.3 is 5.69 Å². The van der Waals surface area contributed by atoms with E-state index in [0.717, 1.165) is 4.57 Å². The molecule has 1 heterocycles. The number of nitrogen functional groups attached to an aromatic ring is 1. The summed E-state index contributed by atoms with van der Waals surface area (Å²) >= 11 is 0. The molecule has 0 spiro atoms. The first-order valence-electron chi connectivity index (χ1n) is 5.55. The summed E-state index contributed by atoms with van der Waals surface area (Å²) in [5, 5.41) is 29.0. The number of nitrogens with zero attached hydrogens (tertiary/aromatic N) is 2. The van der Waals surface area contributed by atoms with Crippen LogP contribution in [0.3, 0.4) is 0 Å². The topological polar surface area (TPSA) is 122 Å². The van der Waals surface area contributed by atoms with Crippen LogP contribution in [0, 0.1) is 0 Å². The summed E-state index contributed by atoms with van der Waals surface area (Å²) in [6.07, 6.45) is -0.428. The average molecular weight is 271 g/mol. The minimum absolute atomic E-state index is 0.0359. The number of anilines is 1. The third kappa shape index (κ3) is 1.93. The van der Waals surface area contributed by atoms with Crippen LogP contribution in [0.1, 0.15) is 13.0 Å². The van der Waals surface area contributed by atoms with Crippen LogP contribution in [0.25, 0.3) is 0 Å². The molecule has 1 aromatic rings. The van der Waals surface area contributed by atoms with Crippen LogP contribution in [-0.4, -0.2) is 43.2 Å². The Hall–Kier alpha value is -1.77. The Balaban J connectivity index is 2.60. The zero-order valence-corrected chi connectivity index (χ0v) is 10.1. The molecule has 1 aliphatic rings. The molecule has 1 aliphatic carbocycles. The zero-order valence-electron chi connectivity index (χ0n) is 10.1. The van der Waals surface area contributed by atoms with Crippen LogP contribution in [0.2, 0.25) is 0 Å². The van der Waals surface area contributed by atoms with Crippen molar-refractivity contribution < 1.29 is 19.7 Å². The molecule has 0 unspecified atom stereocenters. The van der Waals surface area contributed by atoms with E-state index in [0.29, 0.717) is 0 Å². The van der Waals surface area contributed by atoms with Crippen LogP contribution >= 0.6 is 0 Å².